The third-order valence-corrected chi connectivity index (χ3v) is 2.86. The summed E-state index contributed by atoms with van der Waals surface area (Å²) in [6.45, 7) is 5.49. The van der Waals surface area contributed by atoms with Crippen LogP contribution in [0.4, 0.5) is 17.3 Å². The quantitative estimate of drug-likeness (QED) is 0.385. The second-order valence-corrected chi connectivity index (χ2v) is 4.47. The number of anilines is 2. The topological polar surface area (TPSA) is 109 Å². The van der Waals surface area contributed by atoms with E-state index >= 15 is 0 Å². The number of nitrogen functional groups attached to an aromatic ring is 1. The van der Waals surface area contributed by atoms with Crippen LogP contribution < -0.4 is 16.6 Å². The van der Waals surface area contributed by atoms with E-state index in [1.165, 1.54) is 12.1 Å². The summed E-state index contributed by atoms with van der Waals surface area (Å²) >= 11 is 0. The van der Waals surface area contributed by atoms with Gasteiger partial charge in [0.05, 0.1) is 4.92 Å². The van der Waals surface area contributed by atoms with Gasteiger partial charge in [0.2, 0.25) is 5.82 Å². The first-order chi connectivity index (χ1) is 8.95. The van der Waals surface area contributed by atoms with E-state index in [0.29, 0.717) is 18.4 Å². The summed E-state index contributed by atoms with van der Waals surface area (Å²) in [5.41, 5.74) is 2.30. The largest absolute Gasteiger partial charge is 0.363 e. The highest BCUT2D eigenvalue weighted by molar-refractivity contribution is 5.59. The summed E-state index contributed by atoms with van der Waals surface area (Å²) in [6.07, 6.45) is 0. The number of hydrogen-bond acceptors (Lipinski definition) is 7. The number of hydrogen-bond donors (Lipinski definition) is 3. The number of likely N-dealkylation sites (N-methyl/N-ethyl adjacent to an activating group) is 1. The molecule has 106 valence electrons. The average Bonchev–Trinajstić information content (AvgIpc) is 2.37. The normalized spacial score (nSPS) is 10.8. The molecule has 8 nitrogen and oxygen atoms in total. The third-order valence-electron chi connectivity index (χ3n) is 2.86. The molecule has 0 aliphatic carbocycles. The van der Waals surface area contributed by atoms with Crippen LogP contribution in [0.5, 0.6) is 0 Å². The fourth-order valence-electron chi connectivity index (χ4n) is 1.42. The lowest BCUT2D eigenvalue weighted by molar-refractivity contribution is -0.384. The summed E-state index contributed by atoms with van der Waals surface area (Å²) in [5, 5.41) is 13.9. The molecule has 0 radical (unpaired) electrons. The molecule has 4 N–H and O–H groups in total. The molecule has 1 rings (SSSR count). The van der Waals surface area contributed by atoms with Crippen LogP contribution in [-0.4, -0.2) is 41.0 Å². The van der Waals surface area contributed by atoms with Crippen molar-refractivity contribution in [1.29, 1.82) is 0 Å². The van der Waals surface area contributed by atoms with Gasteiger partial charge >= 0.3 is 5.69 Å². The first kappa shape index (κ1) is 15.1. The second-order valence-electron chi connectivity index (χ2n) is 4.47. The Balaban J connectivity index is 2.72. The molecular formula is C11H20N6O2. The van der Waals surface area contributed by atoms with Crippen molar-refractivity contribution < 1.29 is 4.92 Å². The van der Waals surface area contributed by atoms with Gasteiger partial charge in [-0.25, -0.2) is 10.8 Å². The average molecular weight is 268 g/mol. The monoisotopic (exact) mass is 268 g/mol. The van der Waals surface area contributed by atoms with Crippen molar-refractivity contribution in [2.45, 2.75) is 19.9 Å². The van der Waals surface area contributed by atoms with Gasteiger partial charge in [0, 0.05) is 25.2 Å². The zero-order valence-electron chi connectivity index (χ0n) is 11.4. The number of pyridine rings is 1. The molecule has 0 saturated carbocycles. The van der Waals surface area contributed by atoms with E-state index in [2.05, 4.69) is 34.5 Å². The number of aromatic nitrogens is 1. The summed E-state index contributed by atoms with van der Waals surface area (Å²) in [6, 6.07) is 3.25. The van der Waals surface area contributed by atoms with Crippen molar-refractivity contribution in [2.24, 2.45) is 5.84 Å². The van der Waals surface area contributed by atoms with Crippen LogP contribution in [0.2, 0.25) is 0 Å². The first-order valence-electron chi connectivity index (χ1n) is 6.02. The minimum atomic E-state index is -0.470. The van der Waals surface area contributed by atoms with E-state index in [1.54, 1.807) is 0 Å². The fraction of sp³-hybridized carbons (Fsp3) is 0.545. The first-order valence-corrected chi connectivity index (χ1v) is 6.02. The molecule has 0 fully saturated rings. The van der Waals surface area contributed by atoms with Gasteiger partial charge < -0.3 is 15.6 Å². The Labute approximate surface area is 112 Å². The van der Waals surface area contributed by atoms with Gasteiger partial charge in [-0.3, -0.25) is 10.1 Å². The van der Waals surface area contributed by atoms with E-state index in [4.69, 9.17) is 5.84 Å². The lowest BCUT2D eigenvalue weighted by Crippen LogP contribution is -2.31. The molecule has 0 unspecified atom stereocenters. The Morgan fingerprint density at radius 3 is 2.74 bits per heavy atom. The van der Waals surface area contributed by atoms with E-state index in [0.717, 1.165) is 6.54 Å². The van der Waals surface area contributed by atoms with Gasteiger partial charge in [-0.15, -0.1) is 0 Å². The van der Waals surface area contributed by atoms with Crippen molar-refractivity contribution in [2.75, 3.05) is 30.9 Å². The highest BCUT2D eigenvalue weighted by Gasteiger charge is 2.15. The zero-order valence-corrected chi connectivity index (χ0v) is 11.4. The Bertz CT molecular complexity index is 437. The van der Waals surface area contributed by atoms with Crippen LogP contribution >= 0.6 is 0 Å². The van der Waals surface area contributed by atoms with E-state index in [1.807, 2.05) is 7.05 Å². The maximum atomic E-state index is 10.9. The van der Waals surface area contributed by atoms with Crippen molar-refractivity contribution in [3.63, 3.8) is 0 Å². The van der Waals surface area contributed by atoms with Gasteiger partial charge in [0.25, 0.3) is 0 Å². The molecule has 0 bridgehead atoms. The predicted octanol–water partition coefficient (Wildman–Crippen LogP) is 1.03. The number of nitrogens with zero attached hydrogens (tertiary/aromatic N) is 3. The summed E-state index contributed by atoms with van der Waals surface area (Å²) < 4.78 is 0. The maximum Gasteiger partial charge on any atom is 0.311 e. The number of hydrazine groups is 1. The van der Waals surface area contributed by atoms with Crippen LogP contribution in [0.3, 0.4) is 0 Å². The lowest BCUT2D eigenvalue weighted by Gasteiger charge is -2.21. The van der Waals surface area contributed by atoms with E-state index in [9.17, 15) is 10.1 Å². The minimum absolute atomic E-state index is 0.0637. The number of rotatable bonds is 7. The van der Waals surface area contributed by atoms with Gasteiger partial charge in [-0.05, 0) is 27.0 Å². The summed E-state index contributed by atoms with van der Waals surface area (Å²) in [4.78, 5) is 16.6. The maximum absolute atomic E-state index is 10.9. The summed E-state index contributed by atoms with van der Waals surface area (Å²) in [5.74, 6) is 5.84. The molecule has 0 aliphatic rings. The van der Waals surface area contributed by atoms with Crippen molar-refractivity contribution in [3.8, 4) is 0 Å². The SMILES string of the molecule is CC(C)N(C)CCNc1nc(NN)ccc1[N+](=O)[O-]. The third kappa shape index (κ3) is 4.34. The molecule has 1 heterocycles. The summed E-state index contributed by atoms with van der Waals surface area (Å²) in [7, 11) is 1.99. The molecule has 0 saturated heterocycles. The van der Waals surface area contributed by atoms with Crippen LogP contribution in [0, 0.1) is 10.1 Å². The molecule has 0 aliphatic heterocycles. The van der Waals surface area contributed by atoms with Crippen molar-refractivity contribution in [3.05, 3.63) is 22.2 Å². The van der Waals surface area contributed by atoms with Crippen molar-refractivity contribution >= 4 is 17.3 Å². The zero-order chi connectivity index (χ0) is 14.4. The molecule has 0 amide bonds. The molecule has 0 atom stereocenters. The number of nitrogens with one attached hydrogen (secondary N) is 2. The smallest absolute Gasteiger partial charge is 0.311 e. The molecular weight excluding hydrogens is 248 g/mol. The van der Waals surface area contributed by atoms with E-state index in [-0.39, 0.29) is 11.5 Å². The second kappa shape index (κ2) is 6.86. The van der Waals surface area contributed by atoms with Crippen LogP contribution in [0.25, 0.3) is 0 Å². The Morgan fingerprint density at radius 1 is 1.53 bits per heavy atom. The van der Waals surface area contributed by atoms with Crippen LogP contribution in [-0.2, 0) is 0 Å². The molecule has 1 aromatic heterocycles. The predicted molar refractivity (Wildman–Crippen MR) is 75.0 cm³/mol. The Hall–Kier alpha value is -1.93. The standard InChI is InChI=1S/C11H20N6O2/c1-8(2)16(3)7-6-13-11-9(17(18)19)4-5-10(14-11)15-12/h4-5,8H,6-7,12H2,1-3H3,(H2,13,14,15). The molecule has 0 aromatic carbocycles. The molecule has 8 heteroatoms. The fourth-order valence-corrected chi connectivity index (χ4v) is 1.42. The lowest BCUT2D eigenvalue weighted by atomic mass is 10.3. The number of nitro groups is 1. The highest BCUT2D eigenvalue weighted by Crippen LogP contribution is 2.23. The van der Waals surface area contributed by atoms with Gasteiger partial charge in [-0.1, -0.05) is 0 Å². The number of nitrogens with two attached hydrogens (primary N) is 1. The molecule has 0 spiro atoms. The van der Waals surface area contributed by atoms with Gasteiger partial charge in [0.15, 0.2) is 0 Å². The van der Waals surface area contributed by atoms with E-state index < -0.39 is 4.92 Å². The van der Waals surface area contributed by atoms with Crippen LogP contribution in [0.1, 0.15) is 13.8 Å². The highest BCUT2D eigenvalue weighted by atomic mass is 16.6. The Morgan fingerprint density at radius 2 is 2.21 bits per heavy atom. The van der Waals surface area contributed by atoms with Crippen LogP contribution in [0.15, 0.2) is 12.1 Å². The van der Waals surface area contributed by atoms with Gasteiger partial charge in [-0.2, -0.15) is 0 Å². The Kier molecular flexibility index (Phi) is 5.46. The van der Waals surface area contributed by atoms with Gasteiger partial charge in [0.1, 0.15) is 5.82 Å². The van der Waals surface area contributed by atoms with Crippen molar-refractivity contribution in [1.82, 2.24) is 9.88 Å². The molecule has 1 aromatic rings. The molecule has 19 heavy (non-hydrogen) atoms. The minimum Gasteiger partial charge on any atom is -0.363 e.